The monoisotopic (exact) mass is 313 g/mol. The number of primary sulfonamides is 1. The second-order valence-corrected chi connectivity index (χ2v) is 4.82. The molecule has 1 amide bonds. The summed E-state index contributed by atoms with van der Waals surface area (Å²) in [5.41, 5.74) is 0. The van der Waals surface area contributed by atoms with Crippen LogP contribution in [0.25, 0.3) is 0 Å². The van der Waals surface area contributed by atoms with Gasteiger partial charge in [0.15, 0.2) is 6.39 Å². The number of hydrogen-bond acceptors (Lipinski definition) is 5. The lowest BCUT2D eigenvalue weighted by Crippen LogP contribution is -2.31. The second kappa shape index (κ2) is 8.25. The number of nitrogens with two attached hydrogens (primary N) is 1. The highest BCUT2D eigenvalue weighted by Gasteiger charge is 2.02. The van der Waals surface area contributed by atoms with Crippen molar-refractivity contribution in [1.82, 2.24) is 10.3 Å². The van der Waals surface area contributed by atoms with Crippen LogP contribution in [-0.4, -0.2) is 36.9 Å². The van der Waals surface area contributed by atoms with E-state index in [4.69, 9.17) is 0 Å². The van der Waals surface area contributed by atoms with Crippen LogP contribution in [0.4, 0.5) is 0 Å². The molecule has 0 aliphatic rings. The van der Waals surface area contributed by atoms with Gasteiger partial charge in [-0.25, -0.2) is 18.5 Å². The fourth-order valence-electron chi connectivity index (χ4n) is 0.556. The maximum atomic E-state index is 10.5. The number of alkyl halides is 1. The zero-order valence-electron chi connectivity index (χ0n) is 8.30. The average Bonchev–Trinajstić information content (AvgIpc) is 2.73. The van der Waals surface area contributed by atoms with Crippen molar-refractivity contribution in [2.75, 3.05) is 17.6 Å². The van der Waals surface area contributed by atoms with Crippen molar-refractivity contribution in [3.8, 4) is 0 Å². The van der Waals surface area contributed by atoms with Gasteiger partial charge in [0.2, 0.25) is 15.9 Å². The highest BCUT2D eigenvalue weighted by atomic mass is 79.9. The minimum absolute atomic E-state index is 0.0588. The van der Waals surface area contributed by atoms with Crippen molar-refractivity contribution in [1.29, 1.82) is 0 Å². The molecule has 0 aliphatic heterocycles. The Labute approximate surface area is 102 Å². The Morgan fingerprint density at radius 1 is 1.56 bits per heavy atom. The molecule has 0 unspecified atom stereocenters. The maximum absolute atomic E-state index is 10.5. The molecule has 7 nitrogen and oxygen atoms in total. The summed E-state index contributed by atoms with van der Waals surface area (Å²) in [6.45, 7) is 0.0588. The average molecular weight is 314 g/mol. The number of hydrogen-bond donors (Lipinski definition) is 2. The van der Waals surface area contributed by atoms with Gasteiger partial charge in [-0.3, -0.25) is 4.79 Å². The van der Waals surface area contributed by atoms with E-state index in [1.54, 1.807) is 6.20 Å². The Hall–Kier alpha value is -0.930. The summed E-state index contributed by atoms with van der Waals surface area (Å²) >= 11 is 2.90. The lowest BCUT2D eigenvalue weighted by molar-refractivity contribution is -0.118. The lowest BCUT2D eigenvalue weighted by atomic mass is 10.6. The van der Waals surface area contributed by atoms with Crippen molar-refractivity contribution in [3.63, 3.8) is 0 Å². The number of oxazole rings is 1. The number of aromatic nitrogens is 1. The lowest BCUT2D eigenvalue weighted by Gasteiger charge is -1.99. The molecule has 1 aromatic heterocycles. The fourth-order valence-corrected chi connectivity index (χ4v) is 1.14. The topological polar surface area (TPSA) is 115 Å². The Morgan fingerprint density at radius 2 is 2.25 bits per heavy atom. The van der Waals surface area contributed by atoms with Gasteiger partial charge in [0.05, 0.1) is 17.3 Å². The summed E-state index contributed by atoms with van der Waals surface area (Å²) in [5, 5.41) is 7.18. The summed E-state index contributed by atoms with van der Waals surface area (Å²) in [6.07, 6.45) is 4.47. The van der Waals surface area contributed by atoms with Crippen LogP contribution in [0.3, 0.4) is 0 Å². The van der Waals surface area contributed by atoms with Crippen molar-refractivity contribution in [3.05, 3.63) is 18.9 Å². The molecule has 1 aromatic rings. The van der Waals surface area contributed by atoms with Gasteiger partial charge in [0.1, 0.15) is 6.26 Å². The van der Waals surface area contributed by atoms with Crippen molar-refractivity contribution in [2.45, 2.75) is 0 Å². The van der Waals surface area contributed by atoms with Crippen LogP contribution in [0, 0.1) is 0 Å². The smallest absolute Gasteiger partial charge is 0.230 e. The molecular formula is C7H12BrN3O4S. The molecular weight excluding hydrogens is 302 g/mol. The number of sulfonamides is 1. The summed E-state index contributed by atoms with van der Waals surface area (Å²) in [5.74, 6) is -0.486. The van der Waals surface area contributed by atoms with E-state index in [1.165, 1.54) is 12.7 Å². The third-order valence-corrected chi connectivity index (χ3v) is 2.46. The Bertz CT molecular complexity index is 361. The first-order valence-electron chi connectivity index (χ1n) is 4.11. The quantitative estimate of drug-likeness (QED) is 0.724. The molecule has 0 bridgehead atoms. The van der Waals surface area contributed by atoms with E-state index in [0.717, 1.165) is 0 Å². The number of halogens is 1. The van der Waals surface area contributed by atoms with E-state index in [1.807, 2.05) is 0 Å². The van der Waals surface area contributed by atoms with Gasteiger partial charge >= 0.3 is 0 Å². The van der Waals surface area contributed by atoms with E-state index in [9.17, 15) is 13.2 Å². The molecule has 3 N–H and O–H groups in total. The van der Waals surface area contributed by atoms with Crippen LogP contribution in [0.5, 0.6) is 0 Å². The molecule has 1 heterocycles. The van der Waals surface area contributed by atoms with E-state index in [0.29, 0.717) is 0 Å². The molecule has 0 fully saturated rings. The summed E-state index contributed by atoms with van der Waals surface area (Å²) in [4.78, 5) is 14.1. The number of rotatable bonds is 4. The van der Waals surface area contributed by atoms with Crippen molar-refractivity contribution < 1.29 is 17.6 Å². The predicted octanol–water partition coefficient (Wildman–Crippen LogP) is -0.539. The molecule has 1 rings (SSSR count). The second-order valence-electron chi connectivity index (χ2n) is 2.53. The minimum atomic E-state index is -3.46. The van der Waals surface area contributed by atoms with E-state index in [-0.39, 0.29) is 23.5 Å². The van der Waals surface area contributed by atoms with Crippen molar-refractivity contribution >= 4 is 31.9 Å². The van der Waals surface area contributed by atoms with Crippen LogP contribution >= 0.6 is 15.9 Å². The Balaban J connectivity index is 0.000000368. The largest absolute Gasteiger partial charge is 0.452 e. The number of nitrogens with one attached hydrogen (secondary N) is 1. The molecule has 16 heavy (non-hydrogen) atoms. The zero-order valence-corrected chi connectivity index (χ0v) is 10.7. The van der Waals surface area contributed by atoms with Gasteiger partial charge in [-0.2, -0.15) is 0 Å². The molecule has 0 radical (unpaired) electrons. The van der Waals surface area contributed by atoms with Gasteiger partial charge in [-0.15, -0.1) is 0 Å². The van der Waals surface area contributed by atoms with Crippen LogP contribution in [0.1, 0.15) is 0 Å². The fraction of sp³-hybridized carbons (Fsp3) is 0.429. The first-order chi connectivity index (χ1) is 7.45. The van der Waals surface area contributed by atoms with E-state index >= 15 is 0 Å². The van der Waals surface area contributed by atoms with Gasteiger partial charge in [0, 0.05) is 6.54 Å². The van der Waals surface area contributed by atoms with Gasteiger partial charge < -0.3 is 9.73 Å². The summed E-state index contributed by atoms with van der Waals surface area (Å²) in [6, 6.07) is 0. The van der Waals surface area contributed by atoms with E-state index in [2.05, 4.69) is 35.8 Å². The van der Waals surface area contributed by atoms with Crippen molar-refractivity contribution in [2.24, 2.45) is 5.14 Å². The summed E-state index contributed by atoms with van der Waals surface area (Å²) in [7, 11) is -3.46. The minimum Gasteiger partial charge on any atom is -0.452 e. The number of nitrogens with zero attached hydrogens (tertiary/aromatic N) is 1. The number of amides is 1. The SMILES string of the molecule is NS(=O)(=O)CCNC(=O)CBr.c1cocn1. The van der Waals surface area contributed by atoms with Gasteiger partial charge in [-0.05, 0) is 0 Å². The normalized spacial score (nSPS) is 10.1. The Kier molecular flexibility index (Phi) is 7.77. The first kappa shape index (κ1) is 15.1. The molecule has 0 saturated heterocycles. The molecule has 0 atom stereocenters. The Morgan fingerprint density at radius 3 is 2.56 bits per heavy atom. The zero-order chi connectivity index (χ0) is 12.4. The van der Waals surface area contributed by atoms with Crippen LogP contribution < -0.4 is 10.5 Å². The van der Waals surface area contributed by atoms with Crippen LogP contribution in [0.15, 0.2) is 23.3 Å². The third kappa shape index (κ3) is 11.1. The van der Waals surface area contributed by atoms with Gasteiger partial charge in [-0.1, -0.05) is 15.9 Å². The molecule has 9 heteroatoms. The molecule has 0 aromatic carbocycles. The highest BCUT2D eigenvalue weighted by molar-refractivity contribution is 9.09. The number of carbonyl (C=O) groups excluding carboxylic acids is 1. The molecule has 0 spiro atoms. The predicted molar refractivity (Wildman–Crippen MR) is 61.3 cm³/mol. The highest BCUT2D eigenvalue weighted by Crippen LogP contribution is 1.79. The summed E-state index contributed by atoms with van der Waals surface area (Å²) < 4.78 is 25.1. The molecule has 0 aliphatic carbocycles. The number of carbonyl (C=O) groups is 1. The van der Waals surface area contributed by atoms with Crippen LogP contribution in [-0.2, 0) is 14.8 Å². The molecule has 0 saturated carbocycles. The standard InChI is InChI=1S/C4H9BrN2O3S.C3H3NO/c5-3-4(8)7-1-2-11(6,9)10;1-2-5-3-4-1/h1-3H2,(H,7,8)(H2,6,9,10);1-3H. The van der Waals surface area contributed by atoms with E-state index < -0.39 is 10.0 Å². The van der Waals surface area contributed by atoms with Gasteiger partial charge in [0.25, 0.3) is 0 Å². The third-order valence-electron chi connectivity index (χ3n) is 1.18. The maximum Gasteiger partial charge on any atom is 0.230 e. The van der Waals surface area contributed by atoms with Crippen LogP contribution in [0.2, 0.25) is 0 Å². The first-order valence-corrected chi connectivity index (χ1v) is 6.94. The molecule has 92 valence electrons.